The quantitative estimate of drug-likeness (QED) is 0.641. The number of aryl methyl sites for hydroxylation is 1. The Labute approximate surface area is 146 Å². The van der Waals surface area contributed by atoms with Crippen LogP contribution in [0.1, 0.15) is 76.8 Å². The van der Waals surface area contributed by atoms with Gasteiger partial charge in [-0.15, -0.1) is 0 Å². The molecule has 1 saturated carbocycles. The average molecular weight is 326 g/mol. The predicted molar refractivity (Wildman–Crippen MR) is 98.0 cm³/mol. The second kappa shape index (κ2) is 5.28. The molecule has 3 aliphatic rings. The summed E-state index contributed by atoms with van der Waals surface area (Å²) in [5, 5.41) is 0. The Morgan fingerprint density at radius 3 is 2.62 bits per heavy atom. The van der Waals surface area contributed by atoms with Crippen molar-refractivity contribution in [3.8, 4) is 11.5 Å². The van der Waals surface area contributed by atoms with E-state index in [4.69, 9.17) is 9.47 Å². The van der Waals surface area contributed by atoms with E-state index in [1.807, 2.05) is 0 Å². The van der Waals surface area contributed by atoms with Crippen molar-refractivity contribution in [3.63, 3.8) is 0 Å². The smallest absolute Gasteiger partial charge is 0.127 e. The first-order chi connectivity index (χ1) is 11.3. The van der Waals surface area contributed by atoms with Crippen LogP contribution >= 0.6 is 0 Å². The van der Waals surface area contributed by atoms with E-state index in [2.05, 4.69) is 52.8 Å². The molecule has 24 heavy (non-hydrogen) atoms. The third-order valence-electron chi connectivity index (χ3n) is 6.42. The van der Waals surface area contributed by atoms with Gasteiger partial charge in [0, 0.05) is 17.4 Å². The maximum Gasteiger partial charge on any atom is 0.127 e. The zero-order valence-electron chi connectivity index (χ0n) is 15.7. The third kappa shape index (κ3) is 2.46. The Bertz CT molecular complexity index is 700. The lowest BCUT2D eigenvalue weighted by Gasteiger charge is -2.56. The number of ether oxygens (including phenoxy) is 2. The van der Waals surface area contributed by atoms with Gasteiger partial charge in [0.15, 0.2) is 0 Å². The van der Waals surface area contributed by atoms with Crippen LogP contribution < -0.4 is 9.47 Å². The highest BCUT2D eigenvalue weighted by molar-refractivity contribution is 5.54. The molecule has 1 unspecified atom stereocenters. The molecule has 1 aromatic carbocycles. The minimum Gasteiger partial charge on any atom is -0.487 e. The minimum atomic E-state index is -0.0622. The molecular formula is C22H30O2. The first kappa shape index (κ1) is 16.1. The monoisotopic (exact) mass is 326 g/mol. The molecule has 0 spiro atoms. The van der Waals surface area contributed by atoms with Crippen molar-refractivity contribution < 1.29 is 9.47 Å². The van der Waals surface area contributed by atoms with Gasteiger partial charge in [0.1, 0.15) is 22.7 Å². The zero-order chi connectivity index (χ0) is 17.1. The number of allylic oxidation sites excluding steroid dienone is 2. The van der Waals surface area contributed by atoms with Gasteiger partial charge in [-0.1, -0.05) is 11.6 Å². The van der Waals surface area contributed by atoms with Crippen molar-refractivity contribution >= 4 is 0 Å². The topological polar surface area (TPSA) is 18.5 Å². The highest BCUT2D eigenvalue weighted by Crippen LogP contribution is 2.61. The minimum absolute atomic E-state index is 0.0113. The van der Waals surface area contributed by atoms with E-state index < -0.39 is 0 Å². The summed E-state index contributed by atoms with van der Waals surface area (Å²) in [5.74, 6) is 3.36. The largest absolute Gasteiger partial charge is 0.487 e. The second-order valence-corrected chi connectivity index (χ2v) is 8.92. The molecule has 0 aromatic heterocycles. The Morgan fingerprint density at radius 1 is 1.21 bits per heavy atom. The Morgan fingerprint density at radius 2 is 1.92 bits per heavy atom. The lowest BCUT2D eigenvalue weighted by Crippen LogP contribution is -2.55. The molecule has 2 heterocycles. The van der Waals surface area contributed by atoms with E-state index in [0.29, 0.717) is 11.8 Å². The lowest BCUT2D eigenvalue weighted by molar-refractivity contribution is -0.0836. The van der Waals surface area contributed by atoms with Crippen LogP contribution in [0, 0.1) is 12.8 Å². The number of hydrogen-bond acceptors (Lipinski definition) is 2. The van der Waals surface area contributed by atoms with E-state index >= 15 is 0 Å². The first-order valence-corrected chi connectivity index (χ1v) is 9.46. The first-order valence-electron chi connectivity index (χ1n) is 9.46. The maximum absolute atomic E-state index is 6.68. The predicted octanol–water partition coefficient (Wildman–Crippen LogP) is 5.93. The van der Waals surface area contributed by atoms with Crippen molar-refractivity contribution in [2.45, 2.75) is 83.8 Å². The fraction of sp³-hybridized carbons (Fsp3) is 0.636. The normalized spacial score (nSPS) is 35.7. The van der Waals surface area contributed by atoms with E-state index in [0.717, 1.165) is 37.2 Å². The van der Waals surface area contributed by atoms with Crippen LogP contribution in [-0.2, 0) is 0 Å². The summed E-state index contributed by atoms with van der Waals surface area (Å²) in [6, 6.07) is 4.43. The second-order valence-electron chi connectivity index (χ2n) is 8.92. The van der Waals surface area contributed by atoms with Gasteiger partial charge in [-0.3, -0.25) is 0 Å². The van der Waals surface area contributed by atoms with Gasteiger partial charge in [-0.25, -0.2) is 0 Å². The van der Waals surface area contributed by atoms with Crippen molar-refractivity contribution in [2.75, 3.05) is 0 Å². The molecule has 2 aliphatic heterocycles. The fourth-order valence-electron chi connectivity index (χ4n) is 5.24. The molecule has 2 heteroatoms. The molecule has 130 valence electrons. The molecule has 0 saturated heterocycles. The van der Waals surface area contributed by atoms with Crippen molar-refractivity contribution in [3.05, 3.63) is 34.9 Å². The summed E-state index contributed by atoms with van der Waals surface area (Å²) >= 11 is 0. The highest BCUT2D eigenvalue weighted by Gasteiger charge is 2.55. The van der Waals surface area contributed by atoms with Gasteiger partial charge in [-0.05, 0) is 84.4 Å². The van der Waals surface area contributed by atoms with Gasteiger partial charge < -0.3 is 9.47 Å². The maximum atomic E-state index is 6.68. The molecule has 2 bridgehead atoms. The summed E-state index contributed by atoms with van der Waals surface area (Å²) in [5.41, 5.74) is 3.93. The van der Waals surface area contributed by atoms with Gasteiger partial charge in [0.05, 0.1) is 0 Å². The van der Waals surface area contributed by atoms with E-state index in [-0.39, 0.29) is 11.2 Å². The summed E-state index contributed by atoms with van der Waals surface area (Å²) in [6.07, 6.45) is 8.03. The Kier molecular flexibility index (Phi) is 3.53. The van der Waals surface area contributed by atoms with Crippen molar-refractivity contribution in [1.29, 1.82) is 0 Å². The van der Waals surface area contributed by atoms with Crippen LogP contribution in [-0.4, -0.2) is 11.2 Å². The van der Waals surface area contributed by atoms with Crippen LogP contribution in [0.25, 0.3) is 0 Å². The molecule has 4 atom stereocenters. The lowest BCUT2D eigenvalue weighted by atomic mass is 9.60. The standard InChI is InChI=1S/C22H30O2/c1-14(2)7-6-9-22(5)17-8-10-21(4)13-16(17)20-18(23-21)11-15(3)12-19(20)24-22/h7,11-12,16-17H,6,8-10,13H2,1-5H3/t16?,17-,21+,22+/m0/s1. The van der Waals surface area contributed by atoms with E-state index in [9.17, 15) is 0 Å². The van der Waals surface area contributed by atoms with Gasteiger partial charge in [0.25, 0.3) is 0 Å². The van der Waals surface area contributed by atoms with Gasteiger partial charge in [0.2, 0.25) is 0 Å². The van der Waals surface area contributed by atoms with Crippen LogP contribution in [0.15, 0.2) is 23.8 Å². The number of benzene rings is 1. The van der Waals surface area contributed by atoms with E-state index in [1.165, 1.54) is 23.1 Å². The molecular weight excluding hydrogens is 296 g/mol. The zero-order valence-corrected chi connectivity index (χ0v) is 15.7. The third-order valence-corrected chi connectivity index (χ3v) is 6.42. The number of rotatable bonds is 3. The fourth-order valence-corrected chi connectivity index (χ4v) is 5.24. The molecule has 1 fully saturated rings. The SMILES string of the molecule is CC(C)=CCC[C@@]1(C)Oc2cc(C)cc3c2C2C[C@@](C)(CC[C@@H]21)O3. The van der Waals surface area contributed by atoms with Crippen LogP contribution in [0.4, 0.5) is 0 Å². The summed E-state index contributed by atoms with van der Waals surface area (Å²) < 4.78 is 13.1. The average Bonchev–Trinajstić information content (AvgIpc) is 2.44. The molecule has 2 nitrogen and oxygen atoms in total. The molecule has 4 rings (SSSR count). The Balaban J connectivity index is 1.76. The van der Waals surface area contributed by atoms with Gasteiger partial charge in [-0.2, -0.15) is 0 Å². The Hall–Kier alpha value is -1.44. The van der Waals surface area contributed by atoms with Gasteiger partial charge >= 0.3 is 0 Å². The molecule has 1 aromatic rings. The molecule has 0 radical (unpaired) electrons. The number of hydrogen-bond donors (Lipinski definition) is 0. The van der Waals surface area contributed by atoms with Crippen LogP contribution in [0.5, 0.6) is 11.5 Å². The summed E-state index contributed by atoms with van der Waals surface area (Å²) in [4.78, 5) is 0. The number of fused-ring (bicyclic) bond motifs is 1. The van der Waals surface area contributed by atoms with Crippen molar-refractivity contribution in [1.82, 2.24) is 0 Å². The summed E-state index contributed by atoms with van der Waals surface area (Å²) in [7, 11) is 0. The molecule has 0 N–H and O–H groups in total. The molecule has 0 amide bonds. The molecule has 1 aliphatic carbocycles. The van der Waals surface area contributed by atoms with Crippen molar-refractivity contribution in [2.24, 2.45) is 5.92 Å². The van der Waals surface area contributed by atoms with Crippen LogP contribution in [0.2, 0.25) is 0 Å². The van der Waals surface area contributed by atoms with E-state index in [1.54, 1.807) is 0 Å². The summed E-state index contributed by atoms with van der Waals surface area (Å²) in [6.45, 7) is 11.1. The van der Waals surface area contributed by atoms with Crippen LogP contribution in [0.3, 0.4) is 0 Å². The highest BCUT2D eigenvalue weighted by atomic mass is 16.5.